The normalized spacial score (nSPS) is 11.7. The fourth-order valence-corrected chi connectivity index (χ4v) is 1.94. The minimum atomic E-state index is -0.304. The van der Waals surface area contributed by atoms with Gasteiger partial charge in [-0.3, -0.25) is 9.78 Å². The largest absolute Gasteiger partial charge is 0.326 e. The summed E-state index contributed by atoms with van der Waals surface area (Å²) in [6.45, 7) is 3.88. The van der Waals surface area contributed by atoms with Crippen LogP contribution in [0, 0.1) is 0 Å². The predicted octanol–water partition coefficient (Wildman–Crippen LogP) is 2.94. The monoisotopic (exact) mass is 242 g/mol. The maximum Gasteiger partial charge on any atom is 0.163 e. The lowest BCUT2D eigenvalue weighted by atomic mass is 9.94. The molecule has 2 N–H and O–H groups in total. The zero-order valence-electron chi connectivity index (χ0n) is 10.8. The molecule has 1 heterocycles. The number of pyridine rings is 1. The maximum absolute atomic E-state index is 12.2. The average molecular weight is 242 g/mol. The van der Waals surface area contributed by atoms with E-state index in [-0.39, 0.29) is 11.3 Å². The van der Waals surface area contributed by atoms with Gasteiger partial charge in [-0.1, -0.05) is 18.2 Å². The standard InChI is InChI=1S/C15H18N2O/c1-15(2,16)8-6-14(18)13-5-3-4-11-10-17-9-7-12(11)13/h3-5,7,9-10H,6,8,16H2,1-2H3. The lowest BCUT2D eigenvalue weighted by molar-refractivity contribution is 0.0974. The summed E-state index contributed by atoms with van der Waals surface area (Å²) in [5, 5.41) is 1.96. The maximum atomic E-state index is 12.2. The molecule has 94 valence electrons. The number of hydrogen-bond acceptors (Lipinski definition) is 3. The number of hydrogen-bond donors (Lipinski definition) is 1. The Hall–Kier alpha value is -1.74. The van der Waals surface area contributed by atoms with Crippen LogP contribution < -0.4 is 5.73 Å². The number of aromatic nitrogens is 1. The Morgan fingerprint density at radius 3 is 2.83 bits per heavy atom. The van der Waals surface area contributed by atoms with Crippen molar-refractivity contribution >= 4 is 16.6 Å². The number of ketones is 1. The summed E-state index contributed by atoms with van der Waals surface area (Å²) in [6.07, 6.45) is 4.66. The van der Waals surface area contributed by atoms with Crippen LogP contribution in [0.25, 0.3) is 10.8 Å². The molecule has 0 aliphatic heterocycles. The molecule has 1 aromatic heterocycles. The fraction of sp³-hybridized carbons (Fsp3) is 0.333. The molecule has 0 atom stereocenters. The summed E-state index contributed by atoms with van der Waals surface area (Å²) in [7, 11) is 0. The molecule has 2 rings (SSSR count). The van der Waals surface area contributed by atoms with Crippen LogP contribution in [-0.4, -0.2) is 16.3 Å². The third-order valence-corrected chi connectivity index (χ3v) is 2.98. The minimum Gasteiger partial charge on any atom is -0.326 e. The molecule has 1 aromatic carbocycles. The number of carbonyl (C=O) groups excluding carboxylic acids is 1. The Morgan fingerprint density at radius 2 is 2.11 bits per heavy atom. The van der Waals surface area contributed by atoms with E-state index < -0.39 is 0 Å². The van der Waals surface area contributed by atoms with Gasteiger partial charge in [0, 0.05) is 35.3 Å². The first kappa shape index (κ1) is 12.7. The number of Topliss-reactive ketones (excluding diaryl/α,β-unsaturated/α-hetero) is 1. The molecule has 0 spiro atoms. The molecule has 0 unspecified atom stereocenters. The molecule has 3 heteroatoms. The van der Waals surface area contributed by atoms with Gasteiger partial charge in [0.15, 0.2) is 5.78 Å². The Labute approximate surface area is 107 Å². The van der Waals surface area contributed by atoms with Crippen LogP contribution in [0.4, 0.5) is 0 Å². The molecule has 0 radical (unpaired) electrons. The van der Waals surface area contributed by atoms with E-state index >= 15 is 0 Å². The highest BCUT2D eigenvalue weighted by molar-refractivity contribution is 6.07. The highest BCUT2D eigenvalue weighted by Crippen LogP contribution is 2.20. The molecule has 0 saturated carbocycles. The molecular formula is C15H18N2O. The Kier molecular flexibility index (Phi) is 3.43. The molecule has 0 fully saturated rings. The van der Waals surface area contributed by atoms with Crippen molar-refractivity contribution in [2.75, 3.05) is 0 Å². The summed E-state index contributed by atoms with van der Waals surface area (Å²) < 4.78 is 0. The number of nitrogens with two attached hydrogens (primary N) is 1. The molecule has 0 aliphatic rings. The Balaban J connectivity index is 2.28. The van der Waals surface area contributed by atoms with E-state index in [0.717, 1.165) is 16.3 Å². The van der Waals surface area contributed by atoms with E-state index in [1.54, 1.807) is 12.4 Å². The highest BCUT2D eigenvalue weighted by Gasteiger charge is 2.15. The molecule has 0 saturated heterocycles. The Morgan fingerprint density at radius 1 is 1.33 bits per heavy atom. The van der Waals surface area contributed by atoms with Gasteiger partial charge in [-0.25, -0.2) is 0 Å². The smallest absolute Gasteiger partial charge is 0.163 e. The third kappa shape index (κ3) is 2.93. The van der Waals surface area contributed by atoms with Gasteiger partial charge in [0.1, 0.15) is 0 Å². The van der Waals surface area contributed by atoms with Gasteiger partial charge in [0.25, 0.3) is 0 Å². The molecule has 18 heavy (non-hydrogen) atoms. The summed E-state index contributed by atoms with van der Waals surface area (Å²) in [5.41, 5.74) is 6.37. The van der Waals surface area contributed by atoms with Crippen molar-refractivity contribution in [2.45, 2.75) is 32.2 Å². The predicted molar refractivity (Wildman–Crippen MR) is 73.6 cm³/mol. The van der Waals surface area contributed by atoms with Gasteiger partial charge in [-0.2, -0.15) is 0 Å². The first-order chi connectivity index (χ1) is 8.47. The molecule has 0 amide bonds. The van der Waals surface area contributed by atoms with Crippen LogP contribution in [-0.2, 0) is 0 Å². The van der Waals surface area contributed by atoms with Crippen molar-refractivity contribution in [3.8, 4) is 0 Å². The molecule has 3 nitrogen and oxygen atoms in total. The van der Waals surface area contributed by atoms with Gasteiger partial charge < -0.3 is 5.73 Å². The topological polar surface area (TPSA) is 56.0 Å². The second-order valence-corrected chi connectivity index (χ2v) is 5.31. The second-order valence-electron chi connectivity index (χ2n) is 5.31. The van der Waals surface area contributed by atoms with Crippen LogP contribution in [0.3, 0.4) is 0 Å². The van der Waals surface area contributed by atoms with E-state index in [1.165, 1.54) is 0 Å². The summed E-state index contributed by atoms with van der Waals surface area (Å²) in [5.74, 6) is 0.144. The van der Waals surface area contributed by atoms with E-state index in [0.29, 0.717) is 12.8 Å². The van der Waals surface area contributed by atoms with Crippen molar-refractivity contribution in [3.63, 3.8) is 0 Å². The van der Waals surface area contributed by atoms with E-state index in [9.17, 15) is 4.79 Å². The third-order valence-electron chi connectivity index (χ3n) is 2.98. The SMILES string of the molecule is CC(C)(N)CCC(=O)c1cccc2cnccc12. The highest BCUT2D eigenvalue weighted by atomic mass is 16.1. The first-order valence-corrected chi connectivity index (χ1v) is 6.12. The van der Waals surface area contributed by atoms with Crippen LogP contribution >= 0.6 is 0 Å². The van der Waals surface area contributed by atoms with Crippen LogP contribution in [0.15, 0.2) is 36.7 Å². The summed E-state index contributed by atoms with van der Waals surface area (Å²) >= 11 is 0. The van der Waals surface area contributed by atoms with Crippen molar-refractivity contribution in [3.05, 3.63) is 42.2 Å². The van der Waals surface area contributed by atoms with Crippen molar-refractivity contribution < 1.29 is 4.79 Å². The van der Waals surface area contributed by atoms with E-state index in [2.05, 4.69) is 4.98 Å². The number of fused-ring (bicyclic) bond motifs is 1. The second kappa shape index (κ2) is 4.86. The quantitative estimate of drug-likeness (QED) is 0.839. The molecule has 0 bridgehead atoms. The van der Waals surface area contributed by atoms with E-state index in [4.69, 9.17) is 5.73 Å². The molecular weight excluding hydrogens is 224 g/mol. The van der Waals surface area contributed by atoms with Gasteiger partial charge in [-0.05, 0) is 31.7 Å². The zero-order valence-corrected chi connectivity index (χ0v) is 10.8. The molecule has 2 aromatic rings. The van der Waals surface area contributed by atoms with Crippen LogP contribution in [0.2, 0.25) is 0 Å². The average Bonchev–Trinajstić information content (AvgIpc) is 2.34. The minimum absolute atomic E-state index is 0.144. The number of benzene rings is 1. The number of rotatable bonds is 4. The Bertz CT molecular complexity index is 565. The van der Waals surface area contributed by atoms with Gasteiger partial charge >= 0.3 is 0 Å². The number of carbonyl (C=O) groups is 1. The van der Waals surface area contributed by atoms with Crippen molar-refractivity contribution in [1.29, 1.82) is 0 Å². The van der Waals surface area contributed by atoms with Crippen molar-refractivity contribution in [1.82, 2.24) is 4.98 Å². The van der Waals surface area contributed by atoms with Crippen LogP contribution in [0.1, 0.15) is 37.0 Å². The fourth-order valence-electron chi connectivity index (χ4n) is 1.94. The lowest BCUT2D eigenvalue weighted by Gasteiger charge is -2.17. The van der Waals surface area contributed by atoms with Gasteiger partial charge in [0.2, 0.25) is 0 Å². The van der Waals surface area contributed by atoms with E-state index in [1.807, 2.05) is 38.1 Å². The number of nitrogens with zero attached hydrogens (tertiary/aromatic N) is 1. The first-order valence-electron chi connectivity index (χ1n) is 6.12. The lowest BCUT2D eigenvalue weighted by Crippen LogP contribution is -2.32. The van der Waals surface area contributed by atoms with Crippen molar-refractivity contribution in [2.24, 2.45) is 5.73 Å². The zero-order chi connectivity index (χ0) is 13.2. The summed E-state index contributed by atoms with van der Waals surface area (Å²) in [4.78, 5) is 16.3. The summed E-state index contributed by atoms with van der Waals surface area (Å²) in [6, 6.07) is 7.61. The van der Waals surface area contributed by atoms with Crippen LogP contribution in [0.5, 0.6) is 0 Å². The van der Waals surface area contributed by atoms with Gasteiger partial charge in [0.05, 0.1) is 0 Å². The van der Waals surface area contributed by atoms with Gasteiger partial charge in [-0.15, -0.1) is 0 Å². The molecule has 0 aliphatic carbocycles.